The topological polar surface area (TPSA) is 153 Å². The number of hydrogen-bond acceptors (Lipinski definition) is 5. The Kier molecular flexibility index (Phi) is 7.77. The van der Waals surface area contributed by atoms with Crippen LogP contribution in [0.25, 0.3) is 22.2 Å². The van der Waals surface area contributed by atoms with E-state index < -0.39 is 40.8 Å². The van der Waals surface area contributed by atoms with E-state index in [0.717, 1.165) is 30.5 Å². The first-order valence-corrected chi connectivity index (χ1v) is 11.1. The number of carboxylic acids is 3. The molecule has 1 aliphatic heterocycles. The second-order valence-electron chi connectivity index (χ2n) is 8.42. The first-order chi connectivity index (χ1) is 17.3. The fourth-order valence-corrected chi connectivity index (χ4v) is 4.16. The Morgan fingerprint density at radius 3 is 2.08 bits per heavy atom. The molecule has 198 valence electrons. The number of halogens is 3. The number of carbonyl (C=O) groups is 3. The van der Waals surface area contributed by atoms with Crippen molar-refractivity contribution in [2.75, 3.05) is 13.1 Å². The molecule has 1 fully saturated rings. The van der Waals surface area contributed by atoms with Crippen molar-refractivity contribution in [3.05, 3.63) is 57.0 Å². The summed E-state index contributed by atoms with van der Waals surface area (Å²) in [5.74, 6) is -5.73. The lowest BCUT2D eigenvalue weighted by Gasteiger charge is -2.30. The molecule has 1 aromatic carbocycles. The molecule has 3 aromatic rings. The van der Waals surface area contributed by atoms with Crippen LogP contribution < -0.4 is 5.56 Å². The molecule has 10 nitrogen and oxygen atoms in total. The summed E-state index contributed by atoms with van der Waals surface area (Å²) in [6.07, 6.45) is -3.60. The molecule has 37 heavy (non-hydrogen) atoms. The average molecular weight is 523 g/mol. The summed E-state index contributed by atoms with van der Waals surface area (Å²) in [6.45, 7) is 4.80. The van der Waals surface area contributed by atoms with Crippen LogP contribution in [-0.4, -0.2) is 66.9 Å². The monoisotopic (exact) mass is 523 g/mol. The summed E-state index contributed by atoms with van der Waals surface area (Å²) >= 11 is 0. The van der Waals surface area contributed by atoms with Gasteiger partial charge in [0.05, 0.1) is 11.3 Å². The molecule has 0 aliphatic carbocycles. The van der Waals surface area contributed by atoms with Crippen LogP contribution in [0.4, 0.5) is 13.2 Å². The molecule has 0 amide bonds. The highest BCUT2D eigenvalue weighted by atomic mass is 19.4. The van der Waals surface area contributed by atoms with E-state index in [9.17, 15) is 37.8 Å². The number of carboxylic acid groups (broad SMARTS) is 3. The molecule has 13 heteroatoms. The van der Waals surface area contributed by atoms with Crippen LogP contribution in [0.2, 0.25) is 0 Å². The molecule has 0 unspecified atom stereocenters. The first kappa shape index (κ1) is 27.5. The maximum atomic E-state index is 12.4. The van der Waals surface area contributed by atoms with Crippen molar-refractivity contribution in [1.82, 2.24) is 14.5 Å². The Labute approximate surface area is 207 Å². The molecule has 2 aromatic heterocycles. The van der Waals surface area contributed by atoms with Gasteiger partial charge in [-0.2, -0.15) is 13.2 Å². The molecule has 3 heterocycles. The zero-order valence-electron chi connectivity index (χ0n) is 19.8. The second-order valence-corrected chi connectivity index (χ2v) is 8.42. The number of aromatic carboxylic acids is 2. The minimum Gasteiger partial charge on any atom is -0.478 e. The minimum absolute atomic E-state index is 0.265. The van der Waals surface area contributed by atoms with Gasteiger partial charge >= 0.3 is 24.1 Å². The van der Waals surface area contributed by atoms with Crippen LogP contribution in [0.1, 0.15) is 45.3 Å². The molecule has 1 saturated heterocycles. The summed E-state index contributed by atoms with van der Waals surface area (Å²) < 4.78 is 33.9. The highest BCUT2D eigenvalue weighted by Gasteiger charge is 2.38. The summed E-state index contributed by atoms with van der Waals surface area (Å²) in [7, 11) is 2.01. The van der Waals surface area contributed by atoms with Crippen molar-refractivity contribution >= 4 is 28.8 Å². The van der Waals surface area contributed by atoms with E-state index in [-0.39, 0.29) is 6.42 Å². The van der Waals surface area contributed by atoms with Crippen LogP contribution in [0.3, 0.4) is 0 Å². The number of hydrogen-bond donors (Lipinski definition) is 4. The molecule has 4 rings (SSSR count). The number of pyridine rings is 1. The second kappa shape index (κ2) is 10.5. The third-order valence-corrected chi connectivity index (χ3v) is 6.11. The lowest BCUT2D eigenvalue weighted by atomic mass is 9.95. The van der Waals surface area contributed by atoms with Gasteiger partial charge in [-0.15, -0.1) is 0 Å². The van der Waals surface area contributed by atoms with Gasteiger partial charge in [0.25, 0.3) is 5.56 Å². The van der Waals surface area contributed by atoms with Crippen molar-refractivity contribution in [1.29, 1.82) is 0 Å². The number of aryl methyl sites for hydroxylation is 1. The zero-order chi connectivity index (χ0) is 27.7. The molecule has 0 spiro atoms. The number of aromatic nitrogens is 2. The lowest BCUT2D eigenvalue weighted by Crippen LogP contribution is -2.36. The Hall–Kier alpha value is -4.13. The predicted molar refractivity (Wildman–Crippen MR) is 126 cm³/mol. The molecule has 0 saturated carbocycles. The summed E-state index contributed by atoms with van der Waals surface area (Å²) in [5, 5.41) is 27.1. The van der Waals surface area contributed by atoms with Crippen LogP contribution >= 0.6 is 0 Å². The predicted octanol–water partition coefficient (Wildman–Crippen LogP) is 3.33. The number of aromatic amines is 1. The SMILES string of the molecule is CCc1c(-c2ccc3c(c2)cc(CN2CCC2)n3C)[nH]c(=O)c(C(=O)O)c1C(=O)O.O=C(O)C(F)(F)F. The van der Waals surface area contributed by atoms with Crippen LogP contribution in [0.5, 0.6) is 0 Å². The van der Waals surface area contributed by atoms with Crippen molar-refractivity contribution in [3.63, 3.8) is 0 Å². The van der Waals surface area contributed by atoms with Crippen molar-refractivity contribution in [3.8, 4) is 11.3 Å². The van der Waals surface area contributed by atoms with Gasteiger partial charge in [0.1, 0.15) is 5.56 Å². The number of nitrogens with zero attached hydrogens (tertiary/aromatic N) is 2. The maximum Gasteiger partial charge on any atom is 0.490 e. The summed E-state index contributed by atoms with van der Waals surface area (Å²) in [5.41, 5.74) is 1.41. The van der Waals surface area contributed by atoms with E-state index in [2.05, 4.69) is 20.5 Å². The van der Waals surface area contributed by atoms with Gasteiger partial charge in [-0.3, -0.25) is 9.69 Å². The van der Waals surface area contributed by atoms with Crippen LogP contribution in [-0.2, 0) is 24.8 Å². The molecule has 4 N–H and O–H groups in total. The van der Waals surface area contributed by atoms with E-state index in [1.165, 1.54) is 12.1 Å². The lowest BCUT2D eigenvalue weighted by molar-refractivity contribution is -0.192. The highest BCUT2D eigenvalue weighted by Crippen LogP contribution is 2.30. The van der Waals surface area contributed by atoms with Crippen LogP contribution in [0.15, 0.2) is 29.1 Å². The molecule has 0 radical (unpaired) electrons. The van der Waals surface area contributed by atoms with Gasteiger partial charge in [0.15, 0.2) is 0 Å². The van der Waals surface area contributed by atoms with E-state index in [0.29, 0.717) is 16.8 Å². The summed E-state index contributed by atoms with van der Waals surface area (Å²) in [4.78, 5) is 49.6. The number of nitrogens with one attached hydrogen (secondary N) is 1. The molecule has 0 atom stereocenters. The van der Waals surface area contributed by atoms with E-state index >= 15 is 0 Å². The number of aliphatic carboxylic acids is 1. The van der Waals surface area contributed by atoms with Crippen LogP contribution in [0, 0.1) is 0 Å². The van der Waals surface area contributed by atoms with E-state index in [1.54, 1.807) is 6.92 Å². The Bertz CT molecular complexity index is 1440. The quantitative estimate of drug-likeness (QED) is 0.384. The number of benzene rings is 1. The normalized spacial score (nSPS) is 13.5. The third-order valence-electron chi connectivity index (χ3n) is 6.11. The standard InChI is InChI=1S/C22H23N3O5.C2HF3O2/c1-3-15-17(21(27)28)18(22(29)30)20(26)23-19(15)12-5-6-16-13(9-12)10-14(24(16)2)11-25-7-4-8-25;3-2(4,5)1(6)7/h5-6,9-10H,3-4,7-8,11H2,1-2H3,(H,23,26)(H,27,28)(H,29,30);(H,6,7). The Balaban J connectivity index is 0.000000479. The summed E-state index contributed by atoms with van der Waals surface area (Å²) in [6, 6.07) is 7.77. The molecular formula is C24H24F3N3O7. The molecule has 0 bridgehead atoms. The highest BCUT2D eigenvalue weighted by molar-refractivity contribution is 6.03. The average Bonchev–Trinajstić information content (AvgIpc) is 3.09. The zero-order valence-corrected chi connectivity index (χ0v) is 19.8. The number of rotatable bonds is 6. The number of likely N-dealkylation sites (tertiary alicyclic amines) is 1. The smallest absolute Gasteiger partial charge is 0.478 e. The number of H-pyrrole nitrogens is 1. The van der Waals surface area contributed by atoms with Gasteiger partial charge in [-0.1, -0.05) is 13.0 Å². The van der Waals surface area contributed by atoms with Gasteiger partial charge in [0, 0.05) is 30.2 Å². The van der Waals surface area contributed by atoms with E-state index in [1.807, 2.05) is 25.2 Å². The molecule has 1 aliphatic rings. The number of fused-ring (bicyclic) bond motifs is 1. The molecular weight excluding hydrogens is 499 g/mol. The third kappa shape index (κ3) is 5.66. The maximum absolute atomic E-state index is 12.4. The minimum atomic E-state index is -5.08. The van der Waals surface area contributed by atoms with Gasteiger partial charge in [-0.05, 0) is 55.3 Å². The van der Waals surface area contributed by atoms with Gasteiger partial charge in [0.2, 0.25) is 0 Å². The Morgan fingerprint density at radius 2 is 1.62 bits per heavy atom. The first-order valence-electron chi connectivity index (χ1n) is 11.1. The van der Waals surface area contributed by atoms with E-state index in [4.69, 9.17) is 9.90 Å². The van der Waals surface area contributed by atoms with Crippen molar-refractivity contribution < 1.29 is 42.9 Å². The Morgan fingerprint density at radius 1 is 1.03 bits per heavy atom. The fraction of sp³-hybridized carbons (Fsp3) is 0.333. The van der Waals surface area contributed by atoms with Crippen molar-refractivity contribution in [2.45, 2.75) is 32.5 Å². The fourth-order valence-electron chi connectivity index (χ4n) is 4.16. The largest absolute Gasteiger partial charge is 0.490 e. The number of alkyl halides is 3. The van der Waals surface area contributed by atoms with Gasteiger partial charge in [-0.25, -0.2) is 14.4 Å². The van der Waals surface area contributed by atoms with Crippen molar-refractivity contribution in [2.24, 2.45) is 7.05 Å². The van der Waals surface area contributed by atoms with Gasteiger partial charge < -0.3 is 24.9 Å².